The lowest BCUT2D eigenvalue weighted by Gasteiger charge is -2.51. The molecule has 0 bridgehead atoms. The van der Waals surface area contributed by atoms with Crippen LogP contribution >= 0.6 is 0 Å². The average molecular weight is 382 g/mol. The zero-order chi connectivity index (χ0) is 19.4. The van der Waals surface area contributed by atoms with Gasteiger partial charge in [0.1, 0.15) is 11.6 Å². The van der Waals surface area contributed by atoms with Crippen molar-refractivity contribution in [2.45, 2.75) is 38.3 Å². The van der Waals surface area contributed by atoms with Crippen molar-refractivity contribution in [1.82, 2.24) is 9.80 Å². The maximum Gasteiger partial charge on any atom is 0.224 e. The second-order valence-electron chi connectivity index (χ2n) is 7.74. The molecule has 0 unspecified atom stereocenters. The minimum Gasteiger partial charge on any atom is -0.392 e. The molecule has 2 aliphatic rings. The van der Waals surface area contributed by atoms with Crippen molar-refractivity contribution in [3.63, 3.8) is 0 Å². The Morgan fingerprint density at radius 2 is 2.04 bits per heavy atom. The predicted molar refractivity (Wildman–Crippen MR) is 97.0 cm³/mol. The van der Waals surface area contributed by atoms with Crippen LogP contribution in [0.4, 0.5) is 8.78 Å². The predicted octanol–water partition coefficient (Wildman–Crippen LogP) is 2.18. The molecule has 2 saturated heterocycles. The molecule has 2 fully saturated rings. The molecule has 27 heavy (non-hydrogen) atoms. The number of likely N-dealkylation sites (tertiary alicyclic amines) is 2. The maximum absolute atomic E-state index is 14.0. The minimum atomic E-state index is -0.546. The van der Waals surface area contributed by atoms with Gasteiger partial charge in [-0.2, -0.15) is 0 Å². The fourth-order valence-corrected chi connectivity index (χ4v) is 4.40. The molecule has 150 valence electrons. The van der Waals surface area contributed by atoms with Gasteiger partial charge in [-0.1, -0.05) is 6.07 Å². The summed E-state index contributed by atoms with van der Waals surface area (Å²) in [4.78, 5) is 16.2. The van der Waals surface area contributed by atoms with Crippen LogP contribution in [0, 0.1) is 17.0 Å². The number of methoxy groups -OCH3 is 1. The average Bonchev–Trinajstić information content (AvgIpc) is 2.66. The van der Waals surface area contributed by atoms with Gasteiger partial charge in [0.2, 0.25) is 5.91 Å². The molecule has 2 atom stereocenters. The number of carbonyl (C=O) groups excluding carboxylic acids is 1. The number of halogens is 2. The number of ether oxygens (including phenoxy) is 1. The molecule has 0 aromatic heterocycles. The SMILES string of the molecule is COCCC(=O)N1CCC[C@@]2(CN(Cc3c(F)cccc3F)CC[C@H]2O)C1. The molecule has 1 spiro atoms. The second-order valence-corrected chi connectivity index (χ2v) is 7.74. The largest absolute Gasteiger partial charge is 0.392 e. The van der Waals surface area contributed by atoms with Gasteiger partial charge >= 0.3 is 0 Å². The van der Waals surface area contributed by atoms with Gasteiger partial charge in [0.05, 0.1) is 19.1 Å². The van der Waals surface area contributed by atoms with Crippen LogP contribution in [0.5, 0.6) is 0 Å². The molecule has 1 aromatic rings. The first kappa shape index (κ1) is 20.2. The fourth-order valence-electron chi connectivity index (χ4n) is 4.40. The van der Waals surface area contributed by atoms with Crippen LogP contribution in [0.25, 0.3) is 0 Å². The van der Waals surface area contributed by atoms with Crippen LogP contribution in [0.1, 0.15) is 31.2 Å². The lowest BCUT2D eigenvalue weighted by Crippen LogP contribution is -2.59. The first-order valence-electron chi connectivity index (χ1n) is 9.55. The van der Waals surface area contributed by atoms with Crippen LogP contribution in [0.2, 0.25) is 0 Å². The highest BCUT2D eigenvalue weighted by Crippen LogP contribution is 2.39. The summed E-state index contributed by atoms with van der Waals surface area (Å²) < 4.78 is 33.0. The summed E-state index contributed by atoms with van der Waals surface area (Å²) in [6, 6.07) is 3.90. The van der Waals surface area contributed by atoms with E-state index in [1.807, 2.05) is 4.90 Å². The van der Waals surface area contributed by atoms with Crippen molar-refractivity contribution in [2.75, 3.05) is 39.9 Å². The van der Waals surface area contributed by atoms with E-state index in [0.29, 0.717) is 45.6 Å². The van der Waals surface area contributed by atoms with Gasteiger partial charge in [-0.25, -0.2) is 8.78 Å². The highest BCUT2D eigenvalue weighted by atomic mass is 19.1. The molecule has 0 radical (unpaired) electrons. The van der Waals surface area contributed by atoms with E-state index in [1.54, 1.807) is 12.0 Å². The molecule has 0 saturated carbocycles. The Balaban J connectivity index is 1.71. The van der Waals surface area contributed by atoms with Gasteiger partial charge in [-0.15, -0.1) is 0 Å². The number of hydrogen-bond acceptors (Lipinski definition) is 4. The summed E-state index contributed by atoms with van der Waals surface area (Å²) >= 11 is 0. The zero-order valence-corrected chi connectivity index (χ0v) is 15.8. The number of piperidine rings is 2. The molecular formula is C20H28F2N2O3. The molecule has 5 nitrogen and oxygen atoms in total. The quantitative estimate of drug-likeness (QED) is 0.848. The number of nitrogens with zero attached hydrogens (tertiary/aromatic N) is 2. The van der Waals surface area contributed by atoms with E-state index in [1.165, 1.54) is 18.2 Å². The summed E-state index contributed by atoms with van der Waals surface area (Å²) in [5, 5.41) is 10.7. The van der Waals surface area contributed by atoms with Crippen molar-refractivity contribution >= 4 is 5.91 Å². The summed E-state index contributed by atoms with van der Waals surface area (Å²) in [7, 11) is 1.57. The fraction of sp³-hybridized carbons (Fsp3) is 0.650. The summed E-state index contributed by atoms with van der Waals surface area (Å²) in [5.41, 5.74) is -0.381. The van der Waals surface area contributed by atoms with E-state index < -0.39 is 23.2 Å². The van der Waals surface area contributed by atoms with Crippen molar-refractivity contribution in [3.8, 4) is 0 Å². The van der Waals surface area contributed by atoms with Crippen LogP contribution in [0.15, 0.2) is 18.2 Å². The van der Waals surface area contributed by atoms with Gasteiger partial charge in [0.25, 0.3) is 0 Å². The van der Waals surface area contributed by atoms with Crippen molar-refractivity contribution in [3.05, 3.63) is 35.4 Å². The van der Waals surface area contributed by atoms with Crippen LogP contribution < -0.4 is 0 Å². The third-order valence-corrected chi connectivity index (χ3v) is 5.89. The third-order valence-electron chi connectivity index (χ3n) is 5.89. The summed E-state index contributed by atoms with van der Waals surface area (Å²) in [6.07, 6.45) is 1.97. The number of aliphatic hydroxyl groups is 1. The zero-order valence-electron chi connectivity index (χ0n) is 15.8. The number of amides is 1. The maximum atomic E-state index is 14.0. The number of aliphatic hydroxyl groups excluding tert-OH is 1. The highest BCUT2D eigenvalue weighted by Gasteiger charge is 2.46. The van der Waals surface area contributed by atoms with Crippen molar-refractivity contribution in [1.29, 1.82) is 0 Å². The van der Waals surface area contributed by atoms with Crippen LogP contribution in [-0.4, -0.2) is 66.8 Å². The lowest BCUT2D eigenvalue weighted by atomic mass is 9.71. The molecule has 1 N–H and O–H groups in total. The third kappa shape index (κ3) is 4.47. The Morgan fingerprint density at radius 3 is 2.74 bits per heavy atom. The van der Waals surface area contributed by atoms with Crippen LogP contribution in [0.3, 0.4) is 0 Å². The van der Waals surface area contributed by atoms with E-state index in [0.717, 1.165) is 12.8 Å². The van der Waals surface area contributed by atoms with E-state index in [2.05, 4.69) is 0 Å². The Labute approximate surface area is 158 Å². The van der Waals surface area contributed by atoms with Crippen LogP contribution in [-0.2, 0) is 16.1 Å². The van der Waals surface area contributed by atoms with E-state index in [9.17, 15) is 18.7 Å². The lowest BCUT2D eigenvalue weighted by molar-refractivity contribution is -0.142. The molecule has 1 aromatic carbocycles. The van der Waals surface area contributed by atoms with Crippen molar-refractivity contribution < 1.29 is 23.4 Å². The van der Waals surface area contributed by atoms with E-state index in [-0.39, 0.29) is 18.0 Å². The topological polar surface area (TPSA) is 53.0 Å². The summed E-state index contributed by atoms with van der Waals surface area (Å²) in [6.45, 7) is 2.81. The normalized spacial score (nSPS) is 26.5. The Kier molecular flexibility index (Phi) is 6.44. The molecule has 2 aliphatic heterocycles. The van der Waals surface area contributed by atoms with Gasteiger partial charge in [0.15, 0.2) is 0 Å². The van der Waals surface area contributed by atoms with Gasteiger partial charge in [-0.05, 0) is 31.4 Å². The first-order chi connectivity index (χ1) is 12.9. The molecular weight excluding hydrogens is 354 g/mol. The van der Waals surface area contributed by atoms with Gasteiger partial charge < -0.3 is 14.7 Å². The molecule has 0 aliphatic carbocycles. The van der Waals surface area contributed by atoms with Gasteiger partial charge in [-0.3, -0.25) is 9.69 Å². The number of hydrogen-bond donors (Lipinski definition) is 1. The summed E-state index contributed by atoms with van der Waals surface area (Å²) in [5.74, 6) is -1.06. The van der Waals surface area contributed by atoms with Gasteiger partial charge in [0, 0.05) is 50.8 Å². The van der Waals surface area contributed by atoms with Crippen molar-refractivity contribution in [2.24, 2.45) is 5.41 Å². The monoisotopic (exact) mass is 382 g/mol. The molecule has 3 rings (SSSR count). The molecule has 2 heterocycles. The van der Waals surface area contributed by atoms with E-state index in [4.69, 9.17) is 4.74 Å². The smallest absolute Gasteiger partial charge is 0.224 e. The standard InChI is InChI=1S/C20H28F2N2O3/c1-27-11-7-19(26)24-9-3-8-20(14-24)13-23(10-6-18(20)25)12-15-16(21)4-2-5-17(15)22/h2,4-5,18,25H,3,6-14H2,1H3/t18-,20-/m1/s1. The number of carbonyl (C=O) groups is 1. The molecule has 7 heteroatoms. The highest BCUT2D eigenvalue weighted by molar-refractivity contribution is 5.76. The Hall–Kier alpha value is -1.57. The Bertz CT molecular complexity index is 652. The molecule has 1 amide bonds. The number of rotatable bonds is 5. The second kappa shape index (κ2) is 8.63. The van der Waals surface area contributed by atoms with E-state index >= 15 is 0 Å². The number of benzene rings is 1. The Morgan fingerprint density at radius 1 is 1.30 bits per heavy atom. The first-order valence-corrected chi connectivity index (χ1v) is 9.55. The minimum absolute atomic E-state index is 0.0281.